The molecule has 0 fully saturated rings. The molecule has 0 aromatic heterocycles. The molecular weight excluding hydrogens is 476 g/mol. The van der Waals surface area contributed by atoms with Gasteiger partial charge in [0, 0.05) is 5.02 Å². The van der Waals surface area contributed by atoms with Crippen molar-refractivity contribution in [2.75, 3.05) is 4.31 Å². The SMILES string of the molecule is Cc1ccc(C)c(N(C(=O)C(C)N2C(=O)c3ccccc3C2=O)S(=O)(=O)c2ccc(Cl)cc2)c1. The molecule has 0 aliphatic carbocycles. The molecular formula is C25H21ClN2O5S. The summed E-state index contributed by atoms with van der Waals surface area (Å²) in [6.45, 7) is 4.80. The summed E-state index contributed by atoms with van der Waals surface area (Å²) in [7, 11) is -4.41. The van der Waals surface area contributed by atoms with Gasteiger partial charge in [0.05, 0.1) is 21.7 Å². The van der Waals surface area contributed by atoms with Gasteiger partial charge in [-0.2, -0.15) is 0 Å². The Labute approximate surface area is 202 Å². The summed E-state index contributed by atoms with van der Waals surface area (Å²) in [5.41, 5.74) is 1.75. The molecule has 3 aromatic carbocycles. The third kappa shape index (κ3) is 3.89. The van der Waals surface area contributed by atoms with Crippen molar-refractivity contribution >= 4 is 45.0 Å². The molecule has 1 aliphatic heterocycles. The average molecular weight is 497 g/mol. The lowest BCUT2D eigenvalue weighted by Crippen LogP contribution is -2.51. The lowest BCUT2D eigenvalue weighted by atomic mass is 10.1. The van der Waals surface area contributed by atoms with Crippen LogP contribution in [0.25, 0.3) is 0 Å². The van der Waals surface area contributed by atoms with Gasteiger partial charge in [0.1, 0.15) is 6.04 Å². The number of carbonyl (C=O) groups excluding carboxylic acids is 3. The molecule has 34 heavy (non-hydrogen) atoms. The standard InChI is InChI=1S/C25H21ClN2O5S/c1-15-8-9-16(2)22(14-15)28(34(32,33)19-12-10-18(26)11-13-19)23(29)17(3)27-24(30)20-6-4-5-7-21(20)25(27)31/h4-14,17H,1-3H3. The summed E-state index contributed by atoms with van der Waals surface area (Å²) in [5, 5.41) is 0.336. The first-order valence-electron chi connectivity index (χ1n) is 10.4. The van der Waals surface area contributed by atoms with Crippen LogP contribution in [0.5, 0.6) is 0 Å². The maximum atomic E-state index is 13.8. The maximum Gasteiger partial charge on any atom is 0.270 e. The summed E-state index contributed by atoms with van der Waals surface area (Å²) < 4.78 is 28.1. The third-order valence-corrected chi connectivity index (χ3v) is 7.68. The monoisotopic (exact) mass is 496 g/mol. The molecule has 0 spiro atoms. The van der Waals surface area contributed by atoms with Gasteiger partial charge in [-0.25, -0.2) is 12.7 Å². The number of nitrogens with zero attached hydrogens (tertiary/aromatic N) is 2. The first-order valence-corrected chi connectivity index (χ1v) is 12.2. The maximum absolute atomic E-state index is 13.8. The largest absolute Gasteiger partial charge is 0.271 e. The highest BCUT2D eigenvalue weighted by molar-refractivity contribution is 7.93. The van der Waals surface area contributed by atoms with Crippen molar-refractivity contribution in [3.05, 3.63) is 94.0 Å². The van der Waals surface area contributed by atoms with Gasteiger partial charge >= 0.3 is 0 Å². The number of anilines is 1. The normalized spacial score (nSPS) is 14.2. The van der Waals surface area contributed by atoms with E-state index in [0.717, 1.165) is 10.5 Å². The number of hydrogen-bond acceptors (Lipinski definition) is 5. The van der Waals surface area contributed by atoms with Crippen LogP contribution in [0.4, 0.5) is 5.69 Å². The number of benzene rings is 3. The van der Waals surface area contributed by atoms with E-state index in [0.29, 0.717) is 14.9 Å². The molecule has 0 bridgehead atoms. The van der Waals surface area contributed by atoms with Crippen LogP contribution in [-0.4, -0.2) is 37.1 Å². The number of sulfonamides is 1. The molecule has 7 nitrogen and oxygen atoms in total. The molecule has 0 N–H and O–H groups in total. The van der Waals surface area contributed by atoms with Gasteiger partial charge in [-0.3, -0.25) is 19.3 Å². The second-order valence-corrected chi connectivity index (χ2v) is 10.3. The number of amides is 3. The van der Waals surface area contributed by atoms with Gasteiger partial charge in [0.15, 0.2) is 0 Å². The zero-order valence-electron chi connectivity index (χ0n) is 18.7. The fraction of sp³-hybridized carbons (Fsp3) is 0.160. The minimum Gasteiger partial charge on any atom is -0.271 e. The van der Waals surface area contributed by atoms with E-state index in [2.05, 4.69) is 0 Å². The first kappa shape index (κ1) is 23.7. The number of halogens is 1. The minimum absolute atomic E-state index is 0.142. The Hall–Kier alpha value is -3.49. The smallest absolute Gasteiger partial charge is 0.270 e. The van der Waals surface area contributed by atoms with Crippen molar-refractivity contribution in [1.82, 2.24) is 4.90 Å². The topological polar surface area (TPSA) is 91.8 Å². The van der Waals surface area contributed by atoms with Crippen LogP contribution in [0.2, 0.25) is 5.02 Å². The highest BCUT2D eigenvalue weighted by atomic mass is 35.5. The summed E-state index contributed by atoms with van der Waals surface area (Å²) in [6, 6.07) is 15.4. The fourth-order valence-electron chi connectivity index (χ4n) is 3.86. The van der Waals surface area contributed by atoms with E-state index >= 15 is 0 Å². The lowest BCUT2D eigenvalue weighted by molar-refractivity contribution is -0.120. The van der Waals surface area contributed by atoms with Gasteiger partial charge in [-0.1, -0.05) is 35.9 Å². The molecule has 0 radical (unpaired) electrons. The van der Waals surface area contributed by atoms with Crippen molar-refractivity contribution < 1.29 is 22.8 Å². The van der Waals surface area contributed by atoms with Gasteiger partial charge < -0.3 is 0 Å². The minimum atomic E-state index is -4.41. The van der Waals surface area contributed by atoms with Gasteiger partial charge in [-0.15, -0.1) is 0 Å². The van der Waals surface area contributed by atoms with Gasteiger partial charge in [-0.05, 0) is 74.4 Å². The predicted octanol–water partition coefficient (Wildman–Crippen LogP) is 4.36. The van der Waals surface area contributed by atoms with Gasteiger partial charge in [0.2, 0.25) is 0 Å². The second kappa shape index (κ2) is 8.70. The molecule has 0 saturated heterocycles. The van der Waals surface area contributed by atoms with Crippen molar-refractivity contribution in [3.63, 3.8) is 0 Å². The Bertz CT molecular complexity index is 1400. The molecule has 3 amide bonds. The van der Waals surface area contributed by atoms with E-state index in [9.17, 15) is 22.8 Å². The van der Waals surface area contributed by atoms with Crippen LogP contribution in [0.1, 0.15) is 38.8 Å². The van der Waals surface area contributed by atoms with Crippen LogP contribution in [-0.2, 0) is 14.8 Å². The summed E-state index contributed by atoms with van der Waals surface area (Å²) in [5.74, 6) is -2.23. The van der Waals surface area contributed by atoms with E-state index < -0.39 is 33.8 Å². The second-order valence-electron chi connectivity index (χ2n) is 8.05. The Morgan fingerprint density at radius 3 is 2.03 bits per heavy atom. The number of aryl methyl sites for hydroxylation is 2. The van der Waals surface area contributed by atoms with E-state index in [1.54, 1.807) is 44.2 Å². The van der Waals surface area contributed by atoms with Crippen LogP contribution in [0.3, 0.4) is 0 Å². The van der Waals surface area contributed by atoms with E-state index in [1.165, 1.54) is 43.3 Å². The molecule has 1 aliphatic rings. The Morgan fingerprint density at radius 1 is 0.912 bits per heavy atom. The summed E-state index contributed by atoms with van der Waals surface area (Å²) >= 11 is 5.92. The van der Waals surface area contributed by atoms with Crippen molar-refractivity contribution in [1.29, 1.82) is 0 Å². The predicted molar refractivity (Wildman–Crippen MR) is 128 cm³/mol. The Kier molecular flexibility index (Phi) is 6.05. The van der Waals surface area contributed by atoms with E-state index in [4.69, 9.17) is 11.6 Å². The van der Waals surface area contributed by atoms with Crippen molar-refractivity contribution in [3.8, 4) is 0 Å². The number of rotatable bonds is 5. The average Bonchev–Trinajstić information content (AvgIpc) is 3.06. The lowest BCUT2D eigenvalue weighted by Gasteiger charge is -2.30. The fourth-order valence-corrected chi connectivity index (χ4v) is 5.52. The molecule has 174 valence electrons. The van der Waals surface area contributed by atoms with E-state index in [1.807, 2.05) is 0 Å². The number of carbonyl (C=O) groups is 3. The van der Waals surface area contributed by atoms with Crippen molar-refractivity contribution in [2.24, 2.45) is 0 Å². The zero-order valence-corrected chi connectivity index (χ0v) is 20.2. The number of fused-ring (bicyclic) bond motifs is 1. The number of imide groups is 1. The molecule has 1 atom stereocenters. The van der Waals surface area contributed by atoms with Crippen LogP contribution in [0.15, 0.2) is 71.6 Å². The van der Waals surface area contributed by atoms with Crippen molar-refractivity contribution in [2.45, 2.75) is 31.7 Å². The van der Waals surface area contributed by atoms with Gasteiger partial charge in [0.25, 0.3) is 27.7 Å². The highest BCUT2D eigenvalue weighted by Crippen LogP contribution is 2.32. The Balaban J connectivity index is 1.83. The summed E-state index contributed by atoms with van der Waals surface area (Å²) in [6.07, 6.45) is 0. The molecule has 1 unspecified atom stereocenters. The molecule has 1 heterocycles. The van der Waals surface area contributed by atoms with Crippen LogP contribution < -0.4 is 4.31 Å². The molecule has 0 saturated carbocycles. The quantitative estimate of drug-likeness (QED) is 0.489. The highest BCUT2D eigenvalue weighted by Gasteiger charge is 2.44. The van der Waals surface area contributed by atoms with E-state index in [-0.39, 0.29) is 21.7 Å². The molecule has 4 rings (SSSR count). The Morgan fingerprint density at radius 2 is 1.47 bits per heavy atom. The first-order chi connectivity index (χ1) is 16.0. The molecule has 3 aromatic rings. The van der Waals surface area contributed by atoms with Crippen LogP contribution >= 0.6 is 11.6 Å². The number of hydrogen-bond donors (Lipinski definition) is 0. The summed E-state index contributed by atoms with van der Waals surface area (Å²) in [4.78, 5) is 40.4. The van der Waals surface area contributed by atoms with Crippen LogP contribution in [0, 0.1) is 13.8 Å². The zero-order chi connectivity index (χ0) is 24.8. The third-order valence-electron chi connectivity index (χ3n) is 5.71. The molecule has 9 heteroatoms.